The van der Waals surface area contributed by atoms with E-state index in [1.54, 1.807) is 0 Å². The lowest BCUT2D eigenvalue weighted by atomic mass is 10.1. The largest absolute Gasteiger partial charge is 0.504 e. The van der Waals surface area contributed by atoms with Gasteiger partial charge in [0, 0.05) is 12.1 Å². The van der Waals surface area contributed by atoms with Gasteiger partial charge in [0.2, 0.25) is 5.88 Å². The molecule has 1 aliphatic rings. The molecule has 2 N–H and O–H groups in total. The second-order valence-corrected chi connectivity index (χ2v) is 5.62. The normalized spacial score (nSPS) is 13.7. The first kappa shape index (κ1) is 14.7. The van der Waals surface area contributed by atoms with E-state index in [1.165, 1.54) is 25.7 Å². The smallest absolute Gasteiger partial charge is 0.263 e. The molecule has 1 saturated carbocycles. The molecule has 1 fully saturated rings. The van der Waals surface area contributed by atoms with E-state index in [-0.39, 0.29) is 27.8 Å². The summed E-state index contributed by atoms with van der Waals surface area (Å²) in [4.78, 5) is 24.7. The molecular formula is C14H13BrN4O3. The second-order valence-electron chi connectivity index (χ2n) is 4.87. The van der Waals surface area contributed by atoms with E-state index in [4.69, 9.17) is 4.74 Å². The van der Waals surface area contributed by atoms with Crippen LogP contribution in [0.5, 0.6) is 11.6 Å². The summed E-state index contributed by atoms with van der Waals surface area (Å²) < 4.78 is 5.43. The summed E-state index contributed by atoms with van der Waals surface area (Å²) in [6.07, 6.45) is 4.85. The van der Waals surface area contributed by atoms with Crippen LogP contribution in [0.2, 0.25) is 0 Å². The van der Waals surface area contributed by atoms with Gasteiger partial charge in [-0.3, -0.25) is 4.79 Å². The van der Waals surface area contributed by atoms with Gasteiger partial charge in [-0.25, -0.2) is 15.0 Å². The molecule has 0 saturated heterocycles. The predicted octanol–water partition coefficient (Wildman–Crippen LogP) is 2.48. The van der Waals surface area contributed by atoms with Gasteiger partial charge in [0.05, 0.1) is 18.5 Å². The number of nitrogens with zero attached hydrogens (tertiary/aromatic N) is 3. The van der Waals surface area contributed by atoms with Crippen molar-refractivity contribution in [1.29, 1.82) is 0 Å². The number of methoxy groups -OCH3 is 1. The Kier molecular flexibility index (Phi) is 3.93. The van der Waals surface area contributed by atoms with Gasteiger partial charge in [0.1, 0.15) is 16.5 Å². The van der Waals surface area contributed by atoms with Crippen LogP contribution in [-0.2, 0) is 0 Å². The topological polar surface area (TPSA) is 97.2 Å². The van der Waals surface area contributed by atoms with Gasteiger partial charge in [-0.1, -0.05) is 0 Å². The number of carbonyl (C=O) groups excluding carboxylic acids is 1. The van der Waals surface area contributed by atoms with Crippen LogP contribution in [0.15, 0.2) is 23.2 Å². The zero-order valence-electron chi connectivity index (χ0n) is 11.7. The van der Waals surface area contributed by atoms with E-state index < -0.39 is 5.91 Å². The highest BCUT2D eigenvalue weighted by molar-refractivity contribution is 9.10. The van der Waals surface area contributed by atoms with Crippen molar-refractivity contribution in [2.75, 3.05) is 12.4 Å². The number of aromatic nitrogens is 3. The van der Waals surface area contributed by atoms with Crippen molar-refractivity contribution >= 4 is 27.5 Å². The maximum atomic E-state index is 12.6. The molecule has 2 aromatic heterocycles. The molecule has 1 aliphatic carbocycles. The molecule has 0 radical (unpaired) electrons. The molecule has 1 amide bonds. The Labute approximate surface area is 134 Å². The Hall–Kier alpha value is -2.22. The summed E-state index contributed by atoms with van der Waals surface area (Å²) in [5, 5.41) is 12.6. The van der Waals surface area contributed by atoms with Gasteiger partial charge in [-0.05, 0) is 34.8 Å². The van der Waals surface area contributed by atoms with Crippen LogP contribution >= 0.6 is 15.9 Å². The number of aromatic hydroxyl groups is 1. The molecule has 7 nitrogen and oxygen atoms in total. The molecule has 22 heavy (non-hydrogen) atoms. The van der Waals surface area contributed by atoms with E-state index in [0.717, 1.165) is 12.8 Å². The minimum absolute atomic E-state index is 0.139. The summed E-state index contributed by atoms with van der Waals surface area (Å²) in [5.74, 6) is -0.0789. The monoisotopic (exact) mass is 364 g/mol. The molecule has 2 heterocycles. The van der Waals surface area contributed by atoms with Crippen LogP contribution in [0.3, 0.4) is 0 Å². The van der Waals surface area contributed by atoms with Crippen LogP contribution in [0.1, 0.15) is 34.8 Å². The molecule has 0 spiro atoms. The Bertz CT molecular complexity index is 734. The van der Waals surface area contributed by atoms with Crippen molar-refractivity contribution in [3.05, 3.63) is 34.5 Å². The molecule has 0 bridgehead atoms. The minimum atomic E-state index is -0.423. The number of rotatable bonds is 4. The van der Waals surface area contributed by atoms with E-state index in [9.17, 15) is 9.90 Å². The predicted molar refractivity (Wildman–Crippen MR) is 82.1 cm³/mol. The zero-order chi connectivity index (χ0) is 15.7. The Morgan fingerprint density at radius 2 is 2.18 bits per heavy atom. The summed E-state index contributed by atoms with van der Waals surface area (Å²) >= 11 is 3.11. The Morgan fingerprint density at radius 1 is 1.41 bits per heavy atom. The molecule has 114 valence electrons. The Morgan fingerprint density at radius 3 is 2.86 bits per heavy atom. The van der Waals surface area contributed by atoms with E-state index in [1.807, 2.05) is 0 Å². The van der Waals surface area contributed by atoms with Crippen LogP contribution < -0.4 is 10.1 Å². The molecular weight excluding hydrogens is 352 g/mol. The fourth-order valence-electron chi connectivity index (χ4n) is 2.13. The molecule has 0 aliphatic heterocycles. The maximum absolute atomic E-state index is 12.6. The fourth-order valence-corrected chi connectivity index (χ4v) is 2.46. The number of halogens is 1. The number of ether oxygens (including phenoxy) is 1. The van der Waals surface area contributed by atoms with E-state index in [0.29, 0.717) is 11.3 Å². The van der Waals surface area contributed by atoms with Crippen molar-refractivity contribution in [1.82, 2.24) is 15.0 Å². The number of pyridine rings is 1. The number of anilines is 1. The van der Waals surface area contributed by atoms with Crippen molar-refractivity contribution in [3.63, 3.8) is 0 Å². The van der Waals surface area contributed by atoms with Crippen LogP contribution in [-0.4, -0.2) is 33.1 Å². The van der Waals surface area contributed by atoms with Crippen LogP contribution in [0, 0.1) is 0 Å². The van der Waals surface area contributed by atoms with Gasteiger partial charge < -0.3 is 15.2 Å². The number of hydrogen-bond donors (Lipinski definition) is 2. The third-order valence-corrected chi connectivity index (χ3v) is 3.93. The van der Waals surface area contributed by atoms with Crippen LogP contribution in [0.25, 0.3) is 0 Å². The molecule has 0 aromatic carbocycles. The average molecular weight is 365 g/mol. The Balaban J connectivity index is 1.96. The van der Waals surface area contributed by atoms with Gasteiger partial charge in [0.25, 0.3) is 5.91 Å². The summed E-state index contributed by atoms with van der Waals surface area (Å²) in [5.41, 5.74) is 1.23. The van der Waals surface area contributed by atoms with Gasteiger partial charge >= 0.3 is 0 Å². The highest BCUT2D eigenvalue weighted by atomic mass is 79.9. The molecule has 3 rings (SSSR count). The first-order chi connectivity index (χ1) is 10.6. The van der Waals surface area contributed by atoms with E-state index in [2.05, 4.69) is 36.2 Å². The quantitative estimate of drug-likeness (QED) is 0.808. The van der Waals surface area contributed by atoms with Gasteiger partial charge in [-0.2, -0.15) is 0 Å². The van der Waals surface area contributed by atoms with Crippen molar-refractivity contribution in [2.24, 2.45) is 0 Å². The third kappa shape index (κ3) is 2.74. The van der Waals surface area contributed by atoms with Gasteiger partial charge in [-0.15, -0.1) is 0 Å². The molecule has 2 aromatic rings. The van der Waals surface area contributed by atoms with Crippen molar-refractivity contribution < 1.29 is 14.6 Å². The maximum Gasteiger partial charge on any atom is 0.263 e. The molecule has 0 unspecified atom stereocenters. The average Bonchev–Trinajstić information content (AvgIpc) is 3.35. The SMILES string of the molecule is COc1ncnc(C2CC2)c1C(=O)Nc1ccnc(Br)c1O. The summed E-state index contributed by atoms with van der Waals surface area (Å²) in [6.45, 7) is 0. The standard InChI is InChI=1S/C14H13BrN4O3/c1-22-14-9(10(7-2-3-7)17-6-18-14)13(21)19-8-4-5-16-12(15)11(8)20/h4-7,20H,2-3H2,1H3,(H,16,19,21). The number of nitrogens with one attached hydrogen (secondary N) is 1. The lowest BCUT2D eigenvalue weighted by molar-refractivity contribution is 0.102. The first-order valence-corrected chi connectivity index (χ1v) is 7.44. The molecule has 8 heteroatoms. The minimum Gasteiger partial charge on any atom is -0.504 e. The lowest BCUT2D eigenvalue weighted by Gasteiger charge is -2.12. The highest BCUT2D eigenvalue weighted by Crippen LogP contribution is 2.42. The summed E-state index contributed by atoms with van der Waals surface area (Å²) in [6, 6.07) is 1.51. The lowest BCUT2D eigenvalue weighted by Crippen LogP contribution is -2.17. The second kappa shape index (κ2) is 5.88. The first-order valence-electron chi connectivity index (χ1n) is 6.65. The number of amides is 1. The van der Waals surface area contributed by atoms with Crippen molar-refractivity contribution in [2.45, 2.75) is 18.8 Å². The fraction of sp³-hybridized carbons (Fsp3) is 0.286. The van der Waals surface area contributed by atoms with Crippen molar-refractivity contribution in [3.8, 4) is 11.6 Å². The number of carbonyl (C=O) groups is 1. The van der Waals surface area contributed by atoms with Crippen LogP contribution in [0.4, 0.5) is 5.69 Å². The highest BCUT2D eigenvalue weighted by Gasteiger charge is 2.32. The molecule has 0 atom stereocenters. The van der Waals surface area contributed by atoms with Gasteiger partial charge in [0.15, 0.2) is 5.75 Å². The zero-order valence-corrected chi connectivity index (χ0v) is 13.3. The van der Waals surface area contributed by atoms with E-state index >= 15 is 0 Å². The third-order valence-electron chi connectivity index (χ3n) is 3.35. The number of hydrogen-bond acceptors (Lipinski definition) is 6. The summed E-state index contributed by atoms with van der Waals surface area (Å²) in [7, 11) is 1.45.